The van der Waals surface area contributed by atoms with Crippen molar-refractivity contribution >= 4 is 5.78 Å². The number of Topliss-reactive ketones (excluding diaryl/α,β-unsaturated/α-hetero) is 1. The Bertz CT molecular complexity index is 696. The number of hydrogen-bond acceptors (Lipinski definition) is 3. The monoisotopic (exact) mass is 327 g/mol. The van der Waals surface area contributed by atoms with Crippen LogP contribution in [0.15, 0.2) is 30.6 Å². The van der Waals surface area contributed by atoms with Gasteiger partial charge in [-0.1, -0.05) is 0 Å². The van der Waals surface area contributed by atoms with Crippen LogP contribution in [0.25, 0.3) is 0 Å². The van der Waals surface area contributed by atoms with Gasteiger partial charge in [0.2, 0.25) is 0 Å². The lowest BCUT2D eigenvalue weighted by atomic mass is 10.1. The molecule has 4 heteroatoms. The fourth-order valence-corrected chi connectivity index (χ4v) is 3.36. The Balaban J connectivity index is 2.02. The molecular weight excluding hydrogens is 298 g/mol. The van der Waals surface area contributed by atoms with E-state index in [1.807, 2.05) is 44.6 Å². The molecule has 0 aliphatic heterocycles. The van der Waals surface area contributed by atoms with Crippen LogP contribution in [0, 0.1) is 13.8 Å². The predicted octanol–water partition coefficient (Wildman–Crippen LogP) is 3.61. The summed E-state index contributed by atoms with van der Waals surface area (Å²) in [6.07, 6.45) is 4.54. The minimum atomic E-state index is -0.0139. The maximum atomic E-state index is 12.7. The van der Waals surface area contributed by atoms with Crippen molar-refractivity contribution in [3.63, 3.8) is 0 Å². The number of likely N-dealkylation sites (N-methyl/N-ethyl adjacent to an activating group) is 1. The number of aromatic nitrogens is 2. The lowest BCUT2D eigenvalue weighted by Gasteiger charge is -2.26. The van der Waals surface area contributed by atoms with Gasteiger partial charge in [0.1, 0.15) is 0 Å². The third-order valence-corrected chi connectivity index (χ3v) is 4.35. The van der Waals surface area contributed by atoms with Crippen LogP contribution in [0.2, 0.25) is 0 Å². The number of aryl methyl sites for hydroxylation is 1. The summed E-state index contributed by atoms with van der Waals surface area (Å²) in [7, 11) is 2.00. The number of hydrogen-bond donors (Lipinski definition) is 0. The lowest BCUT2D eigenvalue weighted by Crippen LogP contribution is -2.29. The van der Waals surface area contributed by atoms with Crippen LogP contribution in [0.1, 0.15) is 48.1 Å². The highest BCUT2D eigenvalue weighted by atomic mass is 16.1. The van der Waals surface area contributed by atoms with Crippen LogP contribution < -0.4 is 0 Å². The maximum absolute atomic E-state index is 12.7. The van der Waals surface area contributed by atoms with Gasteiger partial charge in [0.25, 0.3) is 0 Å². The molecule has 0 spiro atoms. The van der Waals surface area contributed by atoms with E-state index in [2.05, 4.69) is 42.1 Å². The van der Waals surface area contributed by atoms with E-state index in [0.29, 0.717) is 6.54 Å². The molecule has 2 heterocycles. The average molecular weight is 327 g/mol. The van der Waals surface area contributed by atoms with Crippen LogP contribution in [-0.2, 0) is 12.0 Å². The first-order valence-electron chi connectivity index (χ1n) is 8.50. The lowest BCUT2D eigenvalue weighted by molar-refractivity contribution is 0.0946. The van der Waals surface area contributed by atoms with Gasteiger partial charge in [0.15, 0.2) is 5.78 Å². The number of carbonyl (C=O) groups excluding carboxylic acids is 1. The smallest absolute Gasteiger partial charge is 0.178 e. The summed E-state index contributed by atoms with van der Waals surface area (Å²) in [5, 5.41) is 0. The van der Waals surface area contributed by atoms with E-state index < -0.39 is 0 Å². The van der Waals surface area contributed by atoms with Crippen molar-refractivity contribution in [2.24, 2.45) is 0 Å². The van der Waals surface area contributed by atoms with Gasteiger partial charge in [-0.3, -0.25) is 14.7 Å². The summed E-state index contributed by atoms with van der Waals surface area (Å²) < 4.78 is 2.25. The number of pyridine rings is 1. The molecule has 0 aliphatic rings. The number of nitrogens with zero attached hydrogens (tertiary/aromatic N) is 3. The third kappa shape index (κ3) is 4.32. The molecule has 0 saturated carbocycles. The van der Waals surface area contributed by atoms with E-state index in [1.54, 1.807) is 0 Å². The zero-order valence-electron chi connectivity index (χ0n) is 15.8. The van der Waals surface area contributed by atoms with Crippen molar-refractivity contribution in [2.75, 3.05) is 20.1 Å². The molecule has 0 aliphatic carbocycles. The van der Waals surface area contributed by atoms with Crippen molar-refractivity contribution in [1.82, 2.24) is 14.5 Å². The Kier molecular flexibility index (Phi) is 5.60. The topological polar surface area (TPSA) is 38.1 Å². The van der Waals surface area contributed by atoms with E-state index in [-0.39, 0.29) is 11.3 Å². The fourth-order valence-electron chi connectivity index (χ4n) is 3.36. The van der Waals surface area contributed by atoms with Gasteiger partial charge in [0.05, 0.1) is 6.54 Å². The minimum Gasteiger partial charge on any atom is -0.343 e. The van der Waals surface area contributed by atoms with E-state index in [1.165, 1.54) is 5.56 Å². The number of rotatable bonds is 6. The van der Waals surface area contributed by atoms with E-state index in [0.717, 1.165) is 29.9 Å². The third-order valence-electron chi connectivity index (χ3n) is 4.35. The van der Waals surface area contributed by atoms with E-state index in [9.17, 15) is 4.79 Å². The van der Waals surface area contributed by atoms with Crippen LogP contribution in [0.4, 0.5) is 0 Å². The van der Waals surface area contributed by atoms with Crippen molar-refractivity contribution in [3.8, 4) is 0 Å². The first-order chi connectivity index (χ1) is 11.2. The molecule has 0 fully saturated rings. The summed E-state index contributed by atoms with van der Waals surface area (Å²) >= 11 is 0. The largest absolute Gasteiger partial charge is 0.343 e. The summed E-state index contributed by atoms with van der Waals surface area (Å²) in [5.41, 5.74) is 4.28. The van der Waals surface area contributed by atoms with E-state index >= 15 is 0 Å². The summed E-state index contributed by atoms with van der Waals surface area (Å²) in [5.74, 6) is 0.191. The quantitative estimate of drug-likeness (QED) is 0.761. The molecule has 0 unspecified atom stereocenters. The van der Waals surface area contributed by atoms with Gasteiger partial charge in [-0.15, -0.1) is 0 Å². The Morgan fingerprint density at radius 1 is 1.21 bits per heavy atom. The molecule has 0 aromatic carbocycles. The molecule has 0 amide bonds. The van der Waals surface area contributed by atoms with E-state index in [4.69, 9.17) is 0 Å². The number of ketones is 1. The van der Waals surface area contributed by atoms with Gasteiger partial charge in [-0.2, -0.15) is 0 Å². The van der Waals surface area contributed by atoms with Gasteiger partial charge in [-0.25, -0.2) is 0 Å². The van der Waals surface area contributed by atoms with Gasteiger partial charge < -0.3 is 4.57 Å². The first-order valence-corrected chi connectivity index (χ1v) is 8.50. The first kappa shape index (κ1) is 18.4. The van der Waals surface area contributed by atoms with Crippen molar-refractivity contribution in [2.45, 2.75) is 46.6 Å². The minimum absolute atomic E-state index is 0.0139. The molecule has 130 valence electrons. The second kappa shape index (κ2) is 7.31. The van der Waals surface area contributed by atoms with Gasteiger partial charge in [0, 0.05) is 41.4 Å². The van der Waals surface area contributed by atoms with Crippen molar-refractivity contribution < 1.29 is 4.79 Å². The molecule has 0 saturated heterocycles. The second-order valence-electron chi connectivity index (χ2n) is 7.56. The maximum Gasteiger partial charge on any atom is 0.178 e. The normalized spacial score (nSPS) is 12.0. The molecule has 2 aromatic heterocycles. The van der Waals surface area contributed by atoms with Crippen LogP contribution in [0.5, 0.6) is 0 Å². The van der Waals surface area contributed by atoms with Crippen LogP contribution in [-0.4, -0.2) is 40.4 Å². The molecule has 0 radical (unpaired) electrons. The molecule has 0 atom stereocenters. The van der Waals surface area contributed by atoms with Crippen molar-refractivity contribution in [3.05, 3.63) is 53.1 Å². The Labute approximate surface area is 145 Å². The zero-order chi connectivity index (χ0) is 17.9. The highest BCUT2D eigenvalue weighted by Gasteiger charge is 2.23. The molecule has 4 nitrogen and oxygen atoms in total. The van der Waals surface area contributed by atoms with Crippen molar-refractivity contribution in [1.29, 1.82) is 0 Å². The van der Waals surface area contributed by atoms with Gasteiger partial charge >= 0.3 is 0 Å². The fraction of sp³-hybridized carbons (Fsp3) is 0.500. The Hall–Kier alpha value is -1.94. The predicted molar refractivity (Wildman–Crippen MR) is 98.7 cm³/mol. The summed E-state index contributed by atoms with van der Waals surface area (Å²) in [6, 6.07) is 6.07. The average Bonchev–Trinajstić information content (AvgIpc) is 2.81. The molecule has 2 rings (SSSR count). The highest BCUT2D eigenvalue weighted by molar-refractivity contribution is 5.99. The molecule has 2 aromatic rings. The second-order valence-corrected chi connectivity index (χ2v) is 7.56. The molecule has 0 N–H and O–H groups in total. The SMILES string of the molecule is Cc1cc(C(=O)CN(C)CCc2ccncc2)c(C)n1C(C)(C)C. The molecule has 24 heavy (non-hydrogen) atoms. The highest BCUT2D eigenvalue weighted by Crippen LogP contribution is 2.24. The van der Waals surface area contributed by atoms with Crippen LogP contribution >= 0.6 is 0 Å². The molecule has 0 bridgehead atoms. The van der Waals surface area contributed by atoms with Crippen LogP contribution in [0.3, 0.4) is 0 Å². The Morgan fingerprint density at radius 3 is 2.38 bits per heavy atom. The Morgan fingerprint density at radius 2 is 1.83 bits per heavy atom. The summed E-state index contributed by atoms with van der Waals surface area (Å²) in [6.45, 7) is 11.9. The van der Waals surface area contributed by atoms with Gasteiger partial charge in [-0.05, 0) is 71.8 Å². The number of carbonyl (C=O) groups is 1. The summed E-state index contributed by atoms with van der Waals surface area (Å²) in [4.78, 5) is 18.8. The molecular formula is C20H29N3O. The standard InChI is InChI=1S/C20H29N3O/c1-15-13-18(16(2)23(15)20(3,4)5)19(24)14-22(6)12-9-17-7-10-21-11-8-17/h7-8,10-11,13H,9,12,14H2,1-6H3. The zero-order valence-corrected chi connectivity index (χ0v) is 15.8.